The summed E-state index contributed by atoms with van der Waals surface area (Å²) in [5, 5.41) is 7.31. The van der Waals surface area contributed by atoms with Gasteiger partial charge in [-0.2, -0.15) is 0 Å². The van der Waals surface area contributed by atoms with Gasteiger partial charge < -0.3 is 0 Å². The number of nitrogens with one attached hydrogen (secondary N) is 2. The molecule has 0 saturated heterocycles. The van der Waals surface area contributed by atoms with E-state index in [4.69, 9.17) is 0 Å². The molecular weight excluding hydrogens is 732 g/mol. The molecule has 2 aromatic carbocycles. The monoisotopic (exact) mass is 819 g/mol. The van der Waals surface area contributed by atoms with Gasteiger partial charge in [0.1, 0.15) is 0 Å². The minimum absolute atomic E-state index is 0.330. The summed E-state index contributed by atoms with van der Waals surface area (Å²) in [6.07, 6.45) is 45.7. The fourth-order valence-corrected chi connectivity index (χ4v) is 9.56. The molecule has 0 saturated carbocycles. The van der Waals surface area contributed by atoms with E-state index in [2.05, 4.69) is 73.0 Å². The molecule has 0 radical (unpaired) electrons. The van der Waals surface area contributed by atoms with Gasteiger partial charge in [0.05, 0.1) is 0 Å². The first-order valence-electron chi connectivity index (χ1n) is 22.7. The summed E-state index contributed by atoms with van der Waals surface area (Å²) < 4.78 is 3.03. The number of hydrogen-bond acceptors (Lipinski definition) is 2. The molecule has 0 aliphatic heterocycles. The SMILES string of the molecule is CCCCCCCCCCCCCCCCCCNc1ccc([Te]c2ccc(NCCCCCCCCCCCCCCCCCC)cc2)cc1. The van der Waals surface area contributed by atoms with Crippen molar-refractivity contribution in [2.24, 2.45) is 0 Å². The Bertz CT molecular complexity index is 892. The van der Waals surface area contributed by atoms with Gasteiger partial charge in [-0.1, -0.05) is 142 Å². The number of rotatable bonds is 38. The number of unbranched alkanes of at least 4 members (excludes halogenated alkanes) is 30. The van der Waals surface area contributed by atoms with Crippen LogP contribution in [0.15, 0.2) is 48.5 Å². The Morgan fingerprint density at radius 1 is 0.294 bits per heavy atom. The molecule has 0 aliphatic rings. The molecule has 0 atom stereocenters. The van der Waals surface area contributed by atoms with E-state index >= 15 is 0 Å². The van der Waals surface area contributed by atoms with Crippen molar-refractivity contribution in [3.05, 3.63) is 48.5 Å². The number of anilines is 2. The van der Waals surface area contributed by atoms with E-state index in [1.54, 1.807) is 0 Å². The molecule has 0 heterocycles. The van der Waals surface area contributed by atoms with Crippen LogP contribution in [0.25, 0.3) is 0 Å². The van der Waals surface area contributed by atoms with Gasteiger partial charge in [0.25, 0.3) is 0 Å². The first-order valence-corrected chi connectivity index (χ1v) is 25.0. The summed E-state index contributed by atoms with van der Waals surface area (Å²) >= 11 is -0.330. The molecule has 0 fully saturated rings. The summed E-state index contributed by atoms with van der Waals surface area (Å²) in [6.45, 7) is 6.81. The fraction of sp³-hybridized carbons (Fsp3) is 0.750. The van der Waals surface area contributed by atoms with Gasteiger partial charge in [-0.3, -0.25) is 0 Å². The molecule has 2 rings (SSSR count). The quantitative estimate of drug-likeness (QED) is 0.0521. The molecule has 3 heteroatoms. The summed E-state index contributed by atoms with van der Waals surface area (Å²) in [6, 6.07) is 18.6. The third-order valence-electron chi connectivity index (χ3n) is 10.7. The summed E-state index contributed by atoms with van der Waals surface area (Å²) in [5.41, 5.74) is 2.56. The van der Waals surface area contributed by atoms with Crippen molar-refractivity contribution in [2.45, 2.75) is 219 Å². The maximum atomic E-state index is 3.66. The molecule has 0 amide bonds. The molecule has 0 unspecified atom stereocenters. The second kappa shape index (κ2) is 35.8. The molecule has 2 aromatic rings. The van der Waals surface area contributed by atoms with Crippen LogP contribution in [0.3, 0.4) is 0 Å². The van der Waals surface area contributed by atoms with Crippen LogP contribution in [-0.4, -0.2) is 34.0 Å². The van der Waals surface area contributed by atoms with Crippen LogP contribution >= 0.6 is 0 Å². The molecule has 292 valence electrons. The zero-order valence-electron chi connectivity index (χ0n) is 34.1. The Hall–Kier alpha value is -1.17. The van der Waals surface area contributed by atoms with Crippen molar-refractivity contribution in [1.82, 2.24) is 0 Å². The topological polar surface area (TPSA) is 24.1 Å². The van der Waals surface area contributed by atoms with Crippen molar-refractivity contribution < 1.29 is 0 Å². The van der Waals surface area contributed by atoms with Crippen molar-refractivity contribution in [3.63, 3.8) is 0 Å². The van der Waals surface area contributed by atoms with Gasteiger partial charge in [-0.15, -0.1) is 0 Å². The van der Waals surface area contributed by atoms with E-state index in [0.717, 1.165) is 13.1 Å². The first kappa shape index (κ1) is 46.0. The molecule has 2 nitrogen and oxygen atoms in total. The summed E-state index contributed by atoms with van der Waals surface area (Å²) in [4.78, 5) is 0. The van der Waals surface area contributed by atoms with Crippen LogP contribution < -0.4 is 17.9 Å². The normalized spacial score (nSPS) is 11.3. The van der Waals surface area contributed by atoms with E-state index in [1.165, 1.54) is 224 Å². The van der Waals surface area contributed by atoms with Crippen LogP contribution in [0.4, 0.5) is 11.4 Å². The Balaban J connectivity index is 1.36. The molecule has 0 aromatic heterocycles. The van der Waals surface area contributed by atoms with Crippen molar-refractivity contribution in [2.75, 3.05) is 23.7 Å². The zero-order chi connectivity index (χ0) is 36.1. The van der Waals surface area contributed by atoms with Gasteiger partial charge in [0, 0.05) is 0 Å². The van der Waals surface area contributed by atoms with Crippen LogP contribution in [0, 0.1) is 0 Å². The van der Waals surface area contributed by atoms with E-state index in [0.29, 0.717) is 0 Å². The average Bonchev–Trinajstić information content (AvgIpc) is 3.15. The summed E-state index contributed by atoms with van der Waals surface area (Å²) in [5.74, 6) is 0. The third-order valence-corrected chi connectivity index (χ3v) is 13.6. The van der Waals surface area contributed by atoms with Gasteiger partial charge >= 0.3 is 189 Å². The molecule has 51 heavy (non-hydrogen) atoms. The van der Waals surface area contributed by atoms with Crippen LogP contribution in [-0.2, 0) is 0 Å². The minimum atomic E-state index is -0.330. The molecule has 0 bridgehead atoms. The van der Waals surface area contributed by atoms with E-state index in [1.807, 2.05) is 0 Å². The maximum absolute atomic E-state index is 3.66. The van der Waals surface area contributed by atoms with Crippen molar-refractivity contribution >= 4 is 39.5 Å². The fourth-order valence-electron chi connectivity index (χ4n) is 7.23. The van der Waals surface area contributed by atoms with Crippen LogP contribution in [0.5, 0.6) is 0 Å². The van der Waals surface area contributed by atoms with Crippen LogP contribution in [0.2, 0.25) is 0 Å². The second-order valence-electron chi connectivity index (χ2n) is 15.6. The average molecular weight is 817 g/mol. The van der Waals surface area contributed by atoms with Crippen molar-refractivity contribution in [3.8, 4) is 0 Å². The molecule has 2 N–H and O–H groups in total. The molecule has 0 spiro atoms. The zero-order valence-corrected chi connectivity index (χ0v) is 36.4. The van der Waals surface area contributed by atoms with Crippen molar-refractivity contribution in [1.29, 1.82) is 0 Å². The van der Waals surface area contributed by atoms with Gasteiger partial charge in [-0.25, -0.2) is 0 Å². The predicted molar refractivity (Wildman–Crippen MR) is 234 cm³/mol. The Morgan fingerprint density at radius 3 is 0.745 bits per heavy atom. The Morgan fingerprint density at radius 2 is 0.510 bits per heavy atom. The van der Waals surface area contributed by atoms with Gasteiger partial charge in [0.15, 0.2) is 0 Å². The van der Waals surface area contributed by atoms with Crippen LogP contribution in [0.1, 0.15) is 219 Å². The standard InChI is InChI=1S/C48H84N2Te/c1-3-5-7-9-11-13-15-17-19-21-23-25-27-29-31-33-43-49-45-35-39-47(40-36-45)51-48-41-37-46(38-42-48)50-44-34-32-30-28-26-24-22-20-18-16-14-12-10-8-6-4-2/h35-42,49-50H,3-34,43-44H2,1-2H3. The predicted octanol–water partition coefficient (Wildman–Crippen LogP) is 14.7. The Kier molecular flexibility index (Phi) is 32.3. The van der Waals surface area contributed by atoms with E-state index < -0.39 is 0 Å². The molecule has 0 aliphatic carbocycles. The first-order chi connectivity index (χ1) is 25.3. The third kappa shape index (κ3) is 28.9. The van der Waals surface area contributed by atoms with E-state index in [-0.39, 0.29) is 20.9 Å². The second-order valence-corrected chi connectivity index (χ2v) is 18.9. The Labute approximate surface area is 329 Å². The summed E-state index contributed by atoms with van der Waals surface area (Å²) in [7, 11) is 0. The number of benzene rings is 2. The van der Waals surface area contributed by atoms with Gasteiger partial charge in [0.2, 0.25) is 0 Å². The molecular formula is C48H84N2Te. The number of hydrogen-bond donors (Lipinski definition) is 2. The van der Waals surface area contributed by atoms with E-state index in [9.17, 15) is 0 Å². The van der Waals surface area contributed by atoms with Gasteiger partial charge in [-0.05, 0) is 0 Å².